The summed E-state index contributed by atoms with van der Waals surface area (Å²) in [5.41, 5.74) is 0.777. The van der Waals surface area contributed by atoms with E-state index < -0.39 is 11.9 Å². The van der Waals surface area contributed by atoms with Gasteiger partial charge in [0.15, 0.2) is 5.82 Å². The van der Waals surface area contributed by atoms with Gasteiger partial charge in [-0.25, -0.2) is 9.67 Å². The van der Waals surface area contributed by atoms with Crippen molar-refractivity contribution >= 4 is 29.1 Å². The molecule has 1 atom stereocenters. The largest absolute Gasteiger partial charge is 0.357 e. The van der Waals surface area contributed by atoms with E-state index >= 15 is 0 Å². The Bertz CT molecular complexity index is 1080. The molecule has 1 unspecified atom stereocenters. The lowest BCUT2D eigenvalue weighted by Crippen LogP contribution is -2.48. The zero-order valence-electron chi connectivity index (χ0n) is 16.9. The number of thiophene rings is 1. The van der Waals surface area contributed by atoms with E-state index in [1.807, 2.05) is 47.8 Å². The maximum atomic E-state index is 12.7. The number of nitrogens with zero attached hydrogens (tertiary/aromatic N) is 4. The Morgan fingerprint density at radius 2 is 1.97 bits per heavy atom. The van der Waals surface area contributed by atoms with Crippen LogP contribution in [0.4, 0.5) is 0 Å². The van der Waals surface area contributed by atoms with Crippen LogP contribution >= 0.6 is 11.3 Å². The minimum absolute atomic E-state index is 0.0238. The maximum absolute atomic E-state index is 12.7. The number of carbonyl (C=O) groups excluding carboxylic acids is 3. The lowest BCUT2D eigenvalue weighted by atomic mass is 10.2. The fraction of sp³-hybridized carbons (Fsp3) is 0.286. The van der Waals surface area contributed by atoms with Crippen molar-refractivity contribution in [1.82, 2.24) is 30.3 Å². The number of likely N-dealkylation sites (N-methyl/N-ethyl adjacent to an activating group) is 1. The second-order valence-electron chi connectivity index (χ2n) is 7.03. The highest BCUT2D eigenvalue weighted by molar-refractivity contribution is 7.13. The van der Waals surface area contributed by atoms with E-state index in [1.54, 1.807) is 11.7 Å². The van der Waals surface area contributed by atoms with E-state index in [0.29, 0.717) is 18.8 Å². The van der Waals surface area contributed by atoms with Gasteiger partial charge in [-0.2, -0.15) is 0 Å². The molecule has 3 aromatic rings. The van der Waals surface area contributed by atoms with E-state index in [9.17, 15) is 14.4 Å². The molecule has 0 saturated carbocycles. The average molecular weight is 439 g/mol. The molecule has 2 N–H and O–H groups in total. The zero-order valence-corrected chi connectivity index (χ0v) is 17.8. The first-order valence-corrected chi connectivity index (χ1v) is 10.8. The van der Waals surface area contributed by atoms with Crippen molar-refractivity contribution in [3.8, 4) is 16.4 Å². The number of hydrogen-bond acceptors (Lipinski definition) is 6. The Balaban J connectivity index is 1.50. The van der Waals surface area contributed by atoms with Crippen LogP contribution in [0.1, 0.15) is 23.5 Å². The Morgan fingerprint density at radius 3 is 2.68 bits per heavy atom. The summed E-state index contributed by atoms with van der Waals surface area (Å²) < 4.78 is 1.62. The molecule has 3 heterocycles. The Kier molecular flexibility index (Phi) is 6.08. The molecule has 0 spiro atoms. The average Bonchev–Trinajstić information content (AvgIpc) is 3.56. The number of para-hydroxylation sites is 1. The van der Waals surface area contributed by atoms with Gasteiger partial charge in [0.05, 0.1) is 17.1 Å². The fourth-order valence-electron chi connectivity index (χ4n) is 3.56. The topological polar surface area (TPSA) is 109 Å². The van der Waals surface area contributed by atoms with Crippen LogP contribution in [0.3, 0.4) is 0 Å². The SMILES string of the molecule is CNC(=O)C1CCCN1C(=O)CNC(=O)c1nc(-c2cccs2)n(-c2ccccc2)n1. The van der Waals surface area contributed by atoms with Crippen molar-refractivity contribution in [1.29, 1.82) is 0 Å². The second-order valence-corrected chi connectivity index (χ2v) is 7.97. The fourth-order valence-corrected chi connectivity index (χ4v) is 4.26. The number of hydrogen-bond donors (Lipinski definition) is 2. The molecule has 1 fully saturated rings. The Morgan fingerprint density at radius 1 is 1.16 bits per heavy atom. The van der Waals surface area contributed by atoms with Crippen LogP contribution in [0.15, 0.2) is 47.8 Å². The summed E-state index contributed by atoms with van der Waals surface area (Å²) in [5, 5.41) is 11.5. The van der Waals surface area contributed by atoms with Crippen molar-refractivity contribution in [3.63, 3.8) is 0 Å². The highest BCUT2D eigenvalue weighted by Crippen LogP contribution is 2.25. The molecule has 1 saturated heterocycles. The molecular weight excluding hydrogens is 416 g/mol. The first kappa shape index (κ1) is 20.7. The third-order valence-corrected chi connectivity index (χ3v) is 5.94. The molecule has 0 aliphatic carbocycles. The molecule has 0 radical (unpaired) electrons. The molecule has 160 valence electrons. The van der Waals surface area contributed by atoms with Crippen LogP contribution in [0.25, 0.3) is 16.4 Å². The van der Waals surface area contributed by atoms with Crippen LogP contribution in [0.5, 0.6) is 0 Å². The smallest absolute Gasteiger partial charge is 0.291 e. The normalized spacial score (nSPS) is 15.6. The number of carbonyl (C=O) groups is 3. The standard InChI is InChI=1S/C21H22N6O3S/c1-22-20(29)15-9-5-11-26(15)17(28)13-23-21(30)18-24-19(16-10-6-12-31-16)27(25-18)14-7-3-2-4-8-14/h2-4,6-8,10,12,15H,5,9,11,13H2,1H3,(H,22,29)(H,23,30). The van der Waals surface area contributed by atoms with Crippen molar-refractivity contribution < 1.29 is 14.4 Å². The molecule has 2 aromatic heterocycles. The van der Waals surface area contributed by atoms with Crippen molar-refractivity contribution in [2.45, 2.75) is 18.9 Å². The highest BCUT2D eigenvalue weighted by Gasteiger charge is 2.33. The molecule has 3 amide bonds. The number of rotatable bonds is 6. The van der Waals surface area contributed by atoms with Crippen molar-refractivity contribution in [2.24, 2.45) is 0 Å². The highest BCUT2D eigenvalue weighted by atomic mass is 32.1. The van der Waals surface area contributed by atoms with Crippen LogP contribution in [0, 0.1) is 0 Å². The summed E-state index contributed by atoms with van der Waals surface area (Å²) in [6.45, 7) is 0.275. The first-order valence-electron chi connectivity index (χ1n) is 9.94. The molecular formula is C21H22N6O3S. The van der Waals surface area contributed by atoms with E-state index in [2.05, 4.69) is 20.7 Å². The first-order chi connectivity index (χ1) is 15.1. The number of amides is 3. The van der Waals surface area contributed by atoms with Gasteiger partial charge in [0.2, 0.25) is 17.6 Å². The molecule has 9 nitrogen and oxygen atoms in total. The number of likely N-dealkylation sites (tertiary alicyclic amines) is 1. The lowest BCUT2D eigenvalue weighted by Gasteiger charge is -2.23. The van der Waals surface area contributed by atoms with E-state index in [4.69, 9.17) is 0 Å². The van der Waals surface area contributed by atoms with Crippen LogP contribution in [-0.4, -0.2) is 63.6 Å². The third-order valence-electron chi connectivity index (χ3n) is 5.07. The van der Waals surface area contributed by atoms with E-state index in [-0.39, 0.29) is 24.2 Å². The predicted molar refractivity (Wildman–Crippen MR) is 116 cm³/mol. The molecule has 31 heavy (non-hydrogen) atoms. The summed E-state index contributed by atoms with van der Waals surface area (Å²) in [7, 11) is 1.55. The monoisotopic (exact) mass is 438 g/mol. The van der Waals surface area contributed by atoms with Gasteiger partial charge in [0, 0.05) is 13.6 Å². The Hall–Kier alpha value is -3.53. The summed E-state index contributed by atoms with van der Waals surface area (Å²) >= 11 is 1.50. The molecule has 0 bridgehead atoms. The number of benzene rings is 1. The van der Waals surface area contributed by atoms with Gasteiger partial charge in [-0.1, -0.05) is 24.3 Å². The molecule has 1 aliphatic rings. The van der Waals surface area contributed by atoms with E-state index in [1.165, 1.54) is 16.2 Å². The maximum Gasteiger partial charge on any atom is 0.291 e. The van der Waals surface area contributed by atoms with Gasteiger partial charge in [-0.15, -0.1) is 16.4 Å². The van der Waals surface area contributed by atoms with Crippen LogP contribution in [0.2, 0.25) is 0 Å². The second kappa shape index (κ2) is 9.09. The third kappa shape index (κ3) is 4.33. The van der Waals surface area contributed by atoms with Crippen LogP contribution < -0.4 is 10.6 Å². The van der Waals surface area contributed by atoms with Gasteiger partial charge in [0.25, 0.3) is 5.91 Å². The predicted octanol–water partition coefficient (Wildman–Crippen LogP) is 1.46. The minimum Gasteiger partial charge on any atom is -0.357 e. The molecule has 4 rings (SSSR count). The number of nitrogens with one attached hydrogen (secondary N) is 2. The zero-order chi connectivity index (χ0) is 21.8. The minimum atomic E-state index is -0.545. The van der Waals surface area contributed by atoms with E-state index in [0.717, 1.165) is 17.0 Å². The van der Waals surface area contributed by atoms with Crippen LogP contribution in [-0.2, 0) is 9.59 Å². The summed E-state index contributed by atoms with van der Waals surface area (Å²) in [6, 6.07) is 12.7. The van der Waals surface area contributed by atoms with Gasteiger partial charge in [0.1, 0.15) is 6.04 Å². The van der Waals surface area contributed by atoms with Gasteiger partial charge in [-0.3, -0.25) is 14.4 Å². The van der Waals surface area contributed by atoms with Gasteiger partial charge >= 0.3 is 0 Å². The van der Waals surface area contributed by atoms with Crippen molar-refractivity contribution in [3.05, 3.63) is 53.7 Å². The lowest BCUT2D eigenvalue weighted by molar-refractivity contribution is -0.137. The molecule has 10 heteroatoms. The molecule has 1 aliphatic heterocycles. The summed E-state index contributed by atoms with van der Waals surface area (Å²) in [4.78, 5) is 44.0. The van der Waals surface area contributed by atoms with Gasteiger partial charge < -0.3 is 15.5 Å². The molecule has 1 aromatic carbocycles. The van der Waals surface area contributed by atoms with Crippen molar-refractivity contribution in [2.75, 3.05) is 20.1 Å². The quantitative estimate of drug-likeness (QED) is 0.606. The Labute approximate surface area is 183 Å². The number of aromatic nitrogens is 3. The summed E-state index contributed by atoms with van der Waals surface area (Å²) in [6.07, 6.45) is 1.37. The van der Waals surface area contributed by atoms with Gasteiger partial charge in [-0.05, 0) is 36.4 Å². The summed E-state index contributed by atoms with van der Waals surface area (Å²) in [5.74, 6) is -0.515.